The summed E-state index contributed by atoms with van der Waals surface area (Å²) < 4.78 is 29.1. The Morgan fingerprint density at radius 1 is 1.14 bits per heavy atom. The summed E-state index contributed by atoms with van der Waals surface area (Å²) in [5, 5.41) is 6.09. The van der Waals surface area contributed by atoms with Gasteiger partial charge in [-0.2, -0.15) is 0 Å². The van der Waals surface area contributed by atoms with Crippen LogP contribution in [0.5, 0.6) is 0 Å². The molecule has 7 nitrogen and oxygen atoms in total. The summed E-state index contributed by atoms with van der Waals surface area (Å²) in [5.41, 5.74) is 1.33. The van der Waals surface area contributed by atoms with E-state index in [1.165, 1.54) is 28.4 Å². The highest BCUT2D eigenvalue weighted by atomic mass is 32.2. The van der Waals surface area contributed by atoms with Gasteiger partial charge < -0.3 is 9.64 Å². The number of rotatable bonds is 4. The monoisotopic (exact) mass is 416 g/mol. The second kappa shape index (κ2) is 7.01. The molecule has 0 saturated heterocycles. The number of amides is 1. The van der Waals surface area contributed by atoms with Crippen molar-refractivity contribution in [1.82, 2.24) is 0 Å². The lowest BCUT2D eigenvalue weighted by atomic mass is 10.2. The molecule has 2 aromatic carbocycles. The van der Waals surface area contributed by atoms with Crippen LogP contribution in [0, 0.1) is 0 Å². The molecule has 0 saturated carbocycles. The smallest absolute Gasteiger partial charge is 0.348 e. The van der Waals surface area contributed by atoms with E-state index in [-0.39, 0.29) is 17.4 Å². The first-order valence-corrected chi connectivity index (χ1v) is 10.8. The first-order valence-electron chi connectivity index (χ1n) is 8.45. The molecule has 9 heteroatoms. The third kappa shape index (κ3) is 3.51. The first-order chi connectivity index (χ1) is 13.3. The first kappa shape index (κ1) is 18.6. The Labute approximate surface area is 165 Å². The fourth-order valence-corrected chi connectivity index (χ4v) is 4.69. The van der Waals surface area contributed by atoms with Gasteiger partial charge in [-0.05, 0) is 47.7 Å². The minimum atomic E-state index is -3.80. The van der Waals surface area contributed by atoms with Gasteiger partial charge in [0.25, 0.3) is 5.91 Å². The number of anilines is 1. The third-order valence-electron chi connectivity index (χ3n) is 4.53. The number of nitrogens with two attached hydrogens (primary N) is 1. The molecule has 28 heavy (non-hydrogen) atoms. The molecular formula is C19H16N2O5S2. The summed E-state index contributed by atoms with van der Waals surface area (Å²) in [7, 11) is -3.80. The van der Waals surface area contributed by atoms with Crippen molar-refractivity contribution < 1.29 is 22.7 Å². The van der Waals surface area contributed by atoms with Gasteiger partial charge in [-0.25, -0.2) is 18.4 Å². The Hall–Kier alpha value is -2.75. The molecule has 4 rings (SSSR count). The van der Waals surface area contributed by atoms with Crippen LogP contribution in [0.15, 0.2) is 53.4 Å². The Morgan fingerprint density at radius 2 is 1.93 bits per heavy atom. The summed E-state index contributed by atoms with van der Waals surface area (Å²) in [6.07, 6.45) is 0.509. The van der Waals surface area contributed by atoms with Crippen LogP contribution in [-0.4, -0.2) is 33.4 Å². The van der Waals surface area contributed by atoms with E-state index in [0.29, 0.717) is 23.5 Å². The minimum absolute atomic E-state index is 0.0109. The maximum Gasteiger partial charge on any atom is 0.348 e. The van der Waals surface area contributed by atoms with Gasteiger partial charge in [-0.15, -0.1) is 11.3 Å². The Kier molecular flexibility index (Phi) is 4.66. The molecular weight excluding hydrogens is 400 g/mol. The highest BCUT2D eigenvalue weighted by Gasteiger charge is 2.27. The van der Waals surface area contributed by atoms with Gasteiger partial charge in [0.05, 0.1) is 4.90 Å². The predicted octanol–water partition coefficient (Wildman–Crippen LogP) is 2.29. The third-order valence-corrected chi connectivity index (χ3v) is 6.54. The summed E-state index contributed by atoms with van der Waals surface area (Å²) in [5.74, 6) is -0.907. The number of carbonyl (C=O) groups excluding carboxylic acids is 2. The number of esters is 1. The Morgan fingerprint density at radius 3 is 2.68 bits per heavy atom. The number of sulfonamides is 1. The van der Waals surface area contributed by atoms with Gasteiger partial charge in [-0.1, -0.05) is 18.2 Å². The van der Waals surface area contributed by atoms with E-state index in [9.17, 15) is 18.0 Å². The minimum Gasteiger partial charge on any atom is -0.451 e. The van der Waals surface area contributed by atoms with Crippen LogP contribution < -0.4 is 10.0 Å². The van der Waals surface area contributed by atoms with Crippen LogP contribution in [0.2, 0.25) is 0 Å². The molecule has 1 aliphatic heterocycles. The lowest BCUT2D eigenvalue weighted by molar-refractivity contribution is -0.121. The largest absolute Gasteiger partial charge is 0.451 e. The van der Waals surface area contributed by atoms with Gasteiger partial charge in [0.1, 0.15) is 4.88 Å². The number of fused-ring (bicyclic) bond motifs is 2. The van der Waals surface area contributed by atoms with E-state index in [4.69, 9.17) is 9.88 Å². The average Bonchev–Trinajstić information content (AvgIpc) is 3.28. The molecule has 0 spiro atoms. The SMILES string of the molecule is NS(=O)(=O)c1ccc2c(c1)CCN2C(=O)COC(=O)c1cc2ccccc2s1. The Bertz CT molecular complexity index is 1170. The molecule has 0 aliphatic carbocycles. The number of hydrogen-bond acceptors (Lipinski definition) is 6. The fourth-order valence-electron chi connectivity index (χ4n) is 3.17. The van der Waals surface area contributed by atoms with Crippen LogP contribution in [-0.2, 0) is 26.0 Å². The van der Waals surface area contributed by atoms with Crippen molar-refractivity contribution >= 4 is 49.0 Å². The van der Waals surface area contributed by atoms with E-state index in [2.05, 4.69) is 0 Å². The molecule has 2 N–H and O–H groups in total. The Balaban J connectivity index is 1.44. The number of thiophene rings is 1. The van der Waals surface area contributed by atoms with Gasteiger partial charge >= 0.3 is 5.97 Å². The molecule has 2 heterocycles. The number of ether oxygens (including phenoxy) is 1. The normalized spacial score (nSPS) is 13.5. The maximum absolute atomic E-state index is 12.5. The van der Waals surface area contributed by atoms with Crippen LogP contribution in [0.1, 0.15) is 15.2 Å². The van der Waals surface area contributed by atoms with E-state index in [1.807, 2.05) is 24.3 Å². The number of primary sulfonamides is 1. The quantitative estimate of drug-likeness (QED) is 0.657. The van der Waals surface area contributed by atoms with E-state index < -0.39 is 16.0 Å². The highest BCUT2D eigenvalue weighted by Crippen LogP contribution is 2.30. The molecule has 3 aromatic rings. The molecule has 1 amide bonds. The van der Waals surface area contributed by atoms with Crippen molar-refractivity contribution in [2.45, 2.75) is 11.3 Å². The molecule has 1 aliphatic rings. The number of carbonyl (C=O) groups is 2. The van der Waals surface area contributed by atoms with Crippen molar-refractivity contribution in [3.63, 3.8) is 0 Å². The van der Waals surface area contributed by atoms with Crippen LogP contribution in [0.25, 0.3) is 10.1 Å². The zero-order valence-electron chi connectivity index (χ0n) is 14.6. The standard InChI is InChI=1S/C19H16N2O5S2/c20-28(24,25)14-5-6-15-12(9-14)7-8-21(15)18(22)11-26-19(23)17-10-13-3-1-2-4-16(13)27-17/h1-6,9-10H,7-8,11H2,(H2,20,24,25). The summed E-state index contributed by atoms with van der Waals surface area (Å²) in [6.45, 7) is 0.00609. The molecule has 0 radical (unpaired) electrons. The summed E-state index contributed by atoms with van der Waals surface area (Å²) >= 11 is 1.31. The van der Waals surface area contributed by atoms with Crippen molar-refractivity contribution in [2.24, 2.45) is 5.14 Å². The summed E-state index contributed by atoms with van der Waals surface area (Å²) in [4.78, 5) is 26.7. The van der Waals surface area contributed by atoms with Gasteiger partial charge in [0.2, 0.25) is 10.0 Å². The number of benzene rings is 2. The fraction of sp³-hybridized carbons (Fsp3) is 0.158. The zero-order chi connectivity index (χ0) is 19.9. The molecule has 0 unspecified atom stereocenters. The number of nitrogens with zero attached hydrogens (tertiary/aromatic N) is 1. The topological polar surface area (TPSA) is 107 Å². The van der Waals surface area contributed by atoms with Gasteiger partial charge in [0.15, 0.2) is 6.61 Å². The molecule has 0 fully saturated rings. The van der Waals surface area contributed by atoms with Crippen molar-refractivity contribution in [1.29, 1.82) is 0 Å². The van der Waals surface area contributed by atoms with Gasteiger partial charge in [-0.3, -0.25) is 4.79 Å². The molecule has 144 valence electrons. The second-order valence-corrected chi connectivity index (χ2v) is 9.00. The van der Waals surface area contributed by atoms with Crippen LogP contribution >= 0.6 is 11.3 Å². The lowest BCUT2D eigenvalue weighted by Gasteiger charge is -2.17. The van der Waals surface area contributed by atoms with Crippen LogP contribution in [0.3, 0.4) is 0 Å². The molecule has 0 atom stereocenters. The highest BCUT2D eigenvalue weighted by molar-refractivity contribution is 7.89. The summed E-state index contributed by atoms with van der Waals surface area (Å²) in [6, 6.07) is 13.7. The lowest BCUT2D eigenvalue weighted by Crippen LogP contribution is -2.33. The van der Waals surface area contributed by atoms with Gasteiger partial charge in [0, 0.05) is 16.9 Å². The zero-order valence-corrected chi connectivity index (χ0v) is 16.3. The second-order valence-electron chi connectivity index (χ2n) is 6.36. The van der Waals surface area contributed by atoms with Crippen molar-refractivity contribution in [3.05, 3.63) is 59.0 Å². The maximum atomic E-state index is 12.5. The average molecular weight is 416 g/mol. The van der Waals surface area contributed by atoms with Crippen molar-refractivity contribution in [2.75, 3.05) is 18.1 Å². The predicted molar refractivity (Wildman–Crippen MR) is 106 cm³/mol. The van der Waals surface area contributed by atoms with Crippen molar-refractivity contribution in [3.8, 4) is 0 Å². The molecule has 0 bridgehead atoms. The van der Waals surface area contributed by atoms with E-state index >= 15 is 0 Å². The van der Waals surface area contributed by atoms with Crippen LogP contribution in [0.4, 0.5) is 5.69 Å². The van der Waals surface area contributed by atoms with E-state index in [1.54, 1.807) is 12.1 Å². The number of hydrogen-bond donors (Lipinski definition) is 1. The van der Waals surface area contributed by atoms with E-state index in [0.717, 1.165) is 15.6 Å². The molecule has 1 aromatic heterocycles.